The van der Waals surface area contributed by atoms with Gasteiger partial charge in [0.2, 0.25) is 0 Å². The monoisotopic (exact) mass is 181 g/mol. The fraction of sp³-hybridized carbons (Fsp3) is 0.167. The van der Waals surface area contributed by atoms with Crippen molar-refractivity contribution in [2.45, 2.75) is 5.50 Å². The van der Waals surface area contributed by atoms with Gasteiger partial charge in [0.15, 0.2) is 11.7 Å². The Kier molecular flexibility index (Phi) is 2.18. The molecule has 1 heterocycles. The van der Waals surface area contributed by atoms with E-state index in [0.29, 0.717) is 0 Å². The van der Waals surface area contributed by atoms with E-state index in [9.17, 15) is 0 Å². The molecule has 5 nitrogen and oxygen atoms in total. The average molecular weight is 182 g/mol. The van der Waals surface area contributed by atoms with Crippen LogP contribution in [0.25, 0.3) is 0 Å². The van der Waals surface area contributed by atoms with E-state index in [1.165, 1.54) is 6.20 Å². The van der Waals surface area contributed by atoms with Crippen LogP contribution in [0.2, 0.25) is 0 Å². The van der Waals surface area contributed by atoms with E-state index in [2.05, 4.69) is 4.99 Å². The number of hydrogen-bond acceptors (Lipinski definition) is 5. The van der Waals surface area contributed by atoms with Crippen LogP contribution in [0.4, 0.5) is 0 Å². The summed E-state index contributed by atoms with van der Waals surface area (Å²) in [5.74, 6) is 0.109. The third-order valence-electron chi connectivity index (χ3n) is 1.29. The van der Waals surface area contributed by atoms with Gasteiger partial charge in [-0.25, -0.2) is 9.89 Å². The molecular formula is C6H4ClN5. The van der Waals surface area contributed by atoms with Gasteiger partial charge in [-0.1, -0.05) is 11.6 Å². The molecule has 0 aromatic carbocycles. The first-order valence-corrected chi connectivity index (χ1v) is 3.41. The van der Waals surface area contributed by atoms with Crippen LogP contribution in [-0.4, -0.2) is 16.2 Å². The minimum atomic E-state index is -0.852. The lowest BCUT2D eigenvalue weighted by molar-refractivity contribution is 0.523. The van der Waals surface area contributed by atoms with Crippen LogP contribution in [0, 0.1) is 22.8 Å². The molecule has 0 spiro atoms. The predicted octanol–water partition coefficient (Wildman–Crippen LogP) is 0.0702. The Balaban J connectivity index is 3.05. The highest BCUT2D eigenvalue weighted by atomic mass is 35.5. The number of halogens is 1. The number of nitriles is 2. The molecule has 0 radical (unpaired) electrons. The van der Waals surface area contributed by atoms with Gasteiger partial charge in [0.1, 0.15) is 17.6 Å². The van der Waals surface area contributed by atoms with Crippen LogP contribution >= 0.6 is 11.6 Å². The van der Waals surface area contributed by atoms with Gasteiger partial charge in [0.05, 0.1) is 6.20 Å². The standard InChI is InChI=1S/C6H4ClN5/c7-5-6(10)11-2-4(1-8)12(5)3-9/h2,5H,(H2,10,11). The highest BCUT2D eigenvalue weighted by Gasteiger charge is 2.24. The molecule has 1 atom stereocenters. The fourth-order valence-electron chi connectivity index (χ4n) is 0.701. The van der Waals surface area contributed by atoms with Crippen molar-refractivity contribution >= 4 is 17.4 Å². The molecule has 0 aliphatic carbocycles. The maximum absolute atomic E-state index is 8.57. The van der Waals surface area contributed by atoms with Gasteiger partial charge in [-0.05, 0) is 0 Å². The highest BCUT2D eigenvalue weighted by molar-refractivity contribution is 6.31. The van der Waals surface area contributed by atoms with Gasteiger partial charge < -0.3 is 5.73 Å². The van der Waals surface area contributed by atoms with Crippen LogP contribution in [0.1, 0.15) is 0 Å². The molecule has 1 unspecified atom stereocenters. The number of amidine groups is 1. The van der Waals surface area contributed by atoms with Crippen LogP contribution in [0.3, 0.4) is 0 Å². The molecule has 0 aromatic heterocycles. The number of nitrogens with two attached hydrogens (primary N) is 1. The number of nitrogens with zero attached hydrogens (tertiary/aromatic N) is 4. The predicted molar refractivity (Wildman–Crippen MR) is 42.4 cm³/mol. The number of rotatable bonds is 0. The third-order valence-corrected chi connectivity index (χ3v) is 1.71. The highest BCUT2D eigenvalue weighted by Crippen LogP contribution is 2.15. The summed E-state index contributed by atoms with van der Waals surface area (Å²) in [5, 5.41) is 17.1. The maximum atomic E-state index is 8.57. The first-order chi connectivity index (χ1) is 5.70. The molecule has 1 aliphatic rings. The summed E-state index contributed by atoms with van der Waals surface area (Å²) in [6.45, 7) is 0. The number of aliphatic imine (C=N–C) groups is 1. The molecule has 1 aliphatic heterocycles. The molecule has 1 rings (SSSR count). The normalized spacial score (nSPS) is 21.9. The van der Waals surface area contributed by atoms with Gasteiger partial charge in [0, 0.05) is 0 Å². The van der Waals surface area contributed by atoms with E-state index in [-0.39, 0.29) is 11.5 Å². The molecule has 2 N–H and O–H groups in total. The largest absolute Gasteiger partial charge is 0.384 e. The molecule has 0 saturated heterocycles. The van der Waals surface area contributed by atoms with Crippen LogP contribution in [-0.2, 0) is 0 Å². The van der Waals surface area contributed by atoms with Crippen LogP contribution in [0.15, 0.2) is 16.9 Å². The zero-order chi connectivity index (χ0) is 9.14. The smallest absolute Gasteiger partial charge is 0.186 e. The quantitative estimate of drug-likeness (QED) is 0.325. The van der Waals surface area contributed by atoms with Crippen molar-refractivity contribution in [2.75, 3.05) is 0 Å². The van der Waals surface area contributed by atoms with Crippen molar-refractivity contribution in [2.24, 2.45) is 10.7 Å². The summed E-state index contributed by atoms with van der Waals surface area (Å²) in [4.78, 5) is 4.64. The summed E-state index contributed by atoms with van der Waals surface area (Å²) < 4.78 is 0. The van der Waals surface area contributed by atoms with Crippen molar-refractivity contribution in [3.8, 4) is 12.3 Å². The van der Waals surface area contributed by atoms with Crippen LogP contribution in [0.5, 0.6) is 0 Å². The zero-order valence-electron chi connectivity index (χ0n) is 5.90. The maximum Gasteiger partial charge on any atom is 0.186 e. The summed E-state index contributed by atoms with van der Waals surface area (Å²) in [6, 6.07) is 1.77. The van der Waals surface area contributed by atoms with Gasteiger partial charge in [0.25, 0.3) is 0 Å². The van der Waals surface area contributed by atoms with E-state index in [0.717, 1.165) is 4.90 Å². The lowest BCUT2D eigenvalue weighted by atomic mass is 10.3. The molecule has 0 aromatic rings. The second-order valence-corrected chi connectivity index (χ2v) is 2.40. The lowest BCUT2D eigenvalue weighted by Crippen LogP contribution is -2.39. The molecule has 60 valence electrons. The Morgan fingerprint density at radius 2 is 2.33 bits per heavy atom. The van der Waals surface area contributed by atoms with Crippen molar-refractivity contribution in [3.05, 3.63) is 11.9 Å². The summed E-state index contributed by atoms with van der Waals surface area (Å²) in [6.07, 6.45) is 2.94. The molecule has 0 amide bonds. The summed E-state index contributed by atoms with van der Waals surface area (Å²) >= 11 is 5.66. The lowest BCUT2D eigenvalue weighted by Gasteiger charge is -2.21. The topological polar surface area (TPSA) is 89.2 Å². The van der Waals surface area contributed by atoms with Crippen molar-refractivity contribution in [1.82, 2.24) is 4.90 Å². The first-order valence-electron chi connectivity index (χ1n) is 2.97. The average Bonchev–Trinajstić information content (AvgIpc) is 2.09. The van der Waals surface area contributed by atoms with E-state index >= 15 is 0 Å². The molecule has 12 heavy (non-hydrogen) atoms. The Labute approximate surface area is 74.0 Å². The number of hydrogen-bond donors (Lipinski definition) is 1. The molecule has 0 bridgehead atoms. The number of allylic oxidation sites excluding steroid dienone is 1. The van der Waals surface area contributed by atoms with Gasteiger partial charge in [-0.3, -0.25) is 0 Å². The third kappa shape index (κ3) is 1.18. The van der Waals surface area contributed by atoms with Gasteiger partial charge >= 0.3 is 0 Å². The van der Waals surface area contributed by atoms with E-state index < -0.39 is 5.50 Å². The summed E-state index contributed by atoms with van der Waals surface area (Å²) in [7, 11) is 0. The van der Waals surface area contributed by atoms with E-state index in [4.69, 9.17) is 27.9 Å². The Morgan fingerprint density at radius 1 is 1.67 bits per heavy atom. The molecule has 6 heteroatoms. The fourth-order valence-corrected chi connectivity index (χ4v) is 0.906. The second-order valence-electron chi connectivity index (χ2n) is 1.99. The molecular weight excluding hydrogens is 178 g/mol. The first kappa shape index (κ1) is 8.38. The second kappa shape index (κ2) is 3.12. The Morgan fingerprint density at radius 3 is 2.83 bits per heavy atom. The Bertz CT molecular complexity index is 331. The molecule has 0 fully saturated rings. The van der Waals surface area contributed by atoms with Crippen LogP contribution < -0.4 is 5.73 Å². The van der Waals surface area contributed by atoms with Crippen molar-refractivity contribution < 1.29 is 0 Å². The molecule has 0 saturated carbocycles. The van der Waals surface area contributed by atoms with Gasteiger partial charge in [-0.15, -0.1) is 0 Å². The minimum Gasteiger partial charge on any atom is -0.384 e. The van der Waals surface area contributed by atoms with E-state index in [1.54, 1.807) is 12.3 Å². The summed E-state index contributed by atoms with van der Waals surface area (Å²) in [5.41, 5.74) is 4.57. The SMILES string of the molecule is N#CC1=CN=C(N)C(Cl)N1C#N. The van der Waals surface area contributed by atoms with Gasteiger partial charge in [-0.2, -0.15) is 10.5 Å². The van der Waals surface area contributed by atoms with Crippen molar-refractivity contribution in [1.29, 1.82) is 10.5 Å². The van der Waals surface area contributed by atoms with E-state index in [1.807, 2.05) is 0 Å². The van der Waals surface area contributed by atoms with Crippen molar-refractivity contribution in [3.63, 3.8) is 0 Å². The minimum absolute atomic E-state index is 0.0895. The Hall–Kier alpha value is -1.72. The zero-order valence-corrected chi connectivity index (χ0v) is 6.65. The number of alkyl halides is 1.